The van der Waals surface area contributed by atoms with Crippen LogP contribution in [0.25, 0.3) is 0 Å². The van der Waals surface area contributed by atoms with Gasteiger partial charge in [-0.1, -0.05) is 44.5 Å². The number of Topliss-reactive ketones (excluding diaryl/α,β-unsaturated/α-hetero) is 1. The molecule has 0 bridgehead atoms. The molecular weight excluding hydrogens is 1190 g/mol. The maximum atomic E-state index is 14.3. The average molecular weight is 1270 g/mol. The van der Waals surface area contributed by atoms with Crippen LogP contribution in [0.3, 0.4) is 0 Å². The van der Waals surface area contributed by atoms with Gasteiger partial charge in [-0.2, -0.15) is 0 Å². The van der Waals surface area contributed by atoms with Crippen molar-refractivity contribution >= 4 is 64.7 Å². The minimum Gasteiger partial charge on any atom is -0.507 e. The number of fused-ring (bicyclic) bond motifs is 6. The van der Waals surface area contributed by atoms with Crippen LogP contribution in [0.4, 0.5) is 15.3 Å². The molecule has 4 fully saturated rings. The molecule has 5 aliphatic heterocycles. The molecule has 2 aliphatic carbocycles. The van der Waals surface area contributed by atoms with Gasteiger partial charge in [0.15, 0.2) is 31.2 Å². The monoisotopic (exact) mass is 1260 g/mol. The van der Waals surface area contributed by atoms with Gasteiger partial charge in [-0.3, -0.25) is 48.8 Å². The van der Waals surface area contributed by atoms with E-state index in [9.17, 15) is 63.9 Å². The van der Waals surface area contributed by atoms with Gasteiger partial charge >= 0.3 is 12.2 Å². The Bertz CT molecular complexity index is 3390. The first-order valence-corrected chi connectivity index (χ1v) is 30.4. The van der Waals surface area contributed by atoms with Crippen LogP contribution >= 0.6 is 0 Å². The van der Waals surface area contributed by atoms with E-state index in [4.69, 9.17) is 37.9 Å². The van der Waals surface area contributed by atoms with E-state index in [0.717, 1.165) is 4.90 Å². The Morgan fingerprint density at radius 2 is 1.51 bits per heavy atom. The first-order valence-electron chi connectivity index (χ1n) is 30.4. The molecule has 0 spiro atoms. The van der Waals surface area contributed by atoms with E-state index in [1.54, 1.807) is 57.2 Å². The second-order valence-corrected chi connectivity index (χ2v) is 23.9. The normalized spacial score (nSPS) is 25.0. The number of hydrogen-bond donors (Lipinski definition) is 7. The number of amides is 7. The number of benzene rings is 3. The van der Waals surface area contributed by atoms with Crippen LogP contribution in [0.5, 0.6) is 17.2 Å². The van der Waals surface area contributed by atoms with Crippen molar-refractivity contribution in [3.8, 4) is 17.2 Å². The summed E-state index contributed by atoms with van der Waals surface area (Å²) in [5.74, 6) is -5.27. The number of hydrogen-bond acceptors (Lipinski definition) is 22. The third-order valence-electron chi connectivity index (χ3n) is 17.7. The second kappa shape index (κ2) is 27.6. The van der Waals surface area contributed by atoms with Gasteiger partial charge in [0.25, 0.3) is 11.8 Å². The molecule has 3 aromatic rings. The first-order chi connectivity index (χ1) is 43.5. The molecule has 4 saturated heterocycles. The summed E-state index contributed by atoms with van der Waals surface area (Å²) >= 11 is 0. The molecule has 28 nitrogen and oxygen atoms in total. The zero-order chi connectivity index (χ0) is 65.2. The van der Waals surface area contributed by atoms with E-state index >= 15 is 0 Å². The molecule has 0 radical (unpaired) electrons. The number of piperazine rings is 1. The van der Waals surface area contributed by atoms with Crippen LogP contribution in [-0.4, -0.2) is 215 Å². The molecule has 0 aromatic heterocycles. The number of nitrogens with zero attached hydrogens (tertiary/aromatic N) is 4. The Morgan fingerprint density at radius 1 is 0.813 bits per heavy atom. The van der Waals surface area contributed by atoms with E-state index in [-0.39, 0.29) is 121 Å². The van der Waals surface area contributed by atoms with Crippen molar-refractivity contribution in [1.82, 2.24) is 30.2 Å². The number of ether oxygens (including phenoxy) is 8. The lowest BCUT2D eigenvalue weighted by atomic mass is 9.71. The van der Waals surface area contributed by atoms with Gasteiger partial charge in [-0.25, -0.2) is 9.59 Å². The largest absolute Gasteiger partial charge is 0.507 e. The van der Waals surface area contributed by atoms with Crippen LogP contribution in [0.1, 0.15) is 116 Å². The summed E-state index contributed by atoms with van der Waals surface area (Å²) in [6.07, 6.45) is -3.04. The van der Waals surface area contributed by atoms with Gasteiger partial charge in [-0.15, -0.1) is 0 Å². The fourth-order valence-corrected chi connectivity index (χ4v) is 12.7. The van der Waals surface area contributed by atoms with E-state index in [2.05, 4.69) is 20.9 Å². The zero-order valence-electron chi connectivity index (χ0n) is 51.4. The minimum absolute atomic E-state index is 0.00919. The SMILES string of the molecule is COc1cccc2c1C(=N)c1c(O)c3c(c(O)c1C2=O)C[C@@](O)(C(=O)COC(=O)N1CCN(C(=O)OCc2ccc(NC(=O)[C@H](C)NC(=O)[C@@H](NC(=O)CCCCCN4C(=O)C=CC4=O)C(C)C)cc2)CC1)C[C@@H]3O[C@H]1C[C@H]2[C@H](O[C@@H]3[C@@H](OC)OCCN32)[C@H](C)O1. The van der Waals surface area contributed by atoms with Crippen molar-refractivity contribution in [1.29, 1.82) is 5.41 Å². The summed E-state index contributed by atoms with van der Waals surface area (Å²) in [5.41, 5.74) is -2.64. The van der Waals surface area contributed by atoms with E-state index < -0.39 is 127 Å². The number of phenols is 2. The average Bonchev–Trinajstić information content (AvgIpc) is 1.27. The van der Waals surface area contributed by atoms with Gasteiger partial charge in [0.1, 0.15) is 47.6 Å². The number of nitrogens with one attached hydrogen (secondary N) is 4. The van der Waals surface area contributed by atoms with Crippen LogP contribution < -0.4 is 20.7 Å². The lowest BCUT2D eigenvalue weighted by Gasteiger charge is -2.43. The number of imide groups is 1. The van der Waals surface area contributed by atoms with Gasteiger partial charge in [-0.05, 0) is 56.4 Å². The molecule has 7 amide bonds. The number of phenolic OH excluding ortho intramolecular Hbond substituents is 2. The number of aliphatic hydroxyl groups is 1. The number of carbonyl (C=O) groups is 9. The Hall–Kier alpha value is -8.38. The molecule has 7 aliphatic rings. The van der Waals surface area contributed by atoms with Crippen LogP contribution in [0.2, 0.25) is 0 Å². The molecule has 7 N–H and O–H groups in total. The van der Waals surface area contributed by atoms with Gasteiger partial charge in [0.2, 0.25) is 23.5 Å². The highest BCUT2D eigenvalue weighted by molar-refractivity contribution is 6.32. The van der Waals surface area contributed by atoms with E-state index in [1.165, 1.54) is 49.2 Å². The third kappa shape index (κ3) is 13.7. The van der Waals surface area contributed by atoms with Crippen LogP contribution in [0.15, 0.2) is 54.6 Å². The molecule has 10 atom stereocenters. The van der Waals surface area contributed by atoms with Crippen molar-refractivity contribution in [2.45, 2.75) is 140 Å². The van der Waals surface area contributed by atoms with Crippen molar-refractivity contribution < 1.29 is 96.4 Å². The number of unbranched alkanes of at least 4 members (excludes halogenated alkanes) is 2. The zero-order valence-corrected chi connectivity index (χ0v) is 51.4. The topological polar surface area (TPSA) is 361 Å². The predicted octanol–water partition coefficient (Wildman–Crippen LogP) is 3.06. The Balaban J connectivity index is 0.705. The Labute approximate surface area is 523 Å². The molecule has 5 heterocycles. The third-order valence-corrected chi connectivity index (χ3v) is 17.7. The van der Waals surface area contributed by atoms with Crippen molar-refractivity contribution in [2.75, 3.05) is 72.0 Å². The highest BCUT2D eigenvalue weighted by Gasteiger charge is 2.55. The smallest absolute Gasteiger partial charge is 0.410 e. The van der Waals surface area contributed by atoms with Gasteiger partial charge in [0, 0.05) is 113 Å². The Morgan fingerprint density at radius 3 is 2.18 bits per heavy atom. The fraction of sp³-hybridized carbons (Fsp3) is 0.524. The maximum Gasteiger partial charge on any atom is 0.410 e. The summed E-state index contributed by atoms with van der Waals surface area (Å²) in [4.78, 5) is 124. The quantitative estimate of drug-likeness (QED) is 0.0358. The summed E-state index contributed by atoms with van der Waals surface area (Å²) < 4.78 is 47.3. The number of morpholine rings is 1. The summed E-state index contributed by atoms with van der Waals surface area (Å²) in [5, 5.41) is 54.2. The molecule has 10 rings (SSSR count). The highest BCUT2D eigenvalue weighted by atomic mass is 16.7. The fourth-order valence-electron chi connectivity index (χ4n) is 12.7. The van der Waals surface area contributed by atoms with Gasteiger partial charge in [0.05, 0.1) is 48.3 Å². The lowest BCUT2D eigenvalue weighted by molar-refractivity contribution is -0.256. The number of ketones is 2. The molecule has 488 valence electrons. The number of rotatable bonds is 21. The minimum atomic E-state index is -2.43. The second-order valence-electron chi connectivity index (χ2n) is 23.9. The maximum absolute atomic E-state index is 14.3. The first kappa shape index (κ1) is 65.6. The summed E-state index contributed by atoms with van der Waals surface area (Å²) in [6, 6.07) is 8.85. The van der Waals surface area contributed by atoms with Crippen molar-refractivity contribution in [3.63, 3.8) is 0 Å². The number of anilines is 1. The van der Waals surface area contributed by atoms with Crippen LogP contribution in [0, 0.1) is 11.3 Å². The molecule has 28 heteroatoms. The van der Waals surface area contributed by atoms with Crippen LogP contribution in [-0.2, 0) is 75.0 Å². The van der Waals surface area contributed by atoms with Gasteiger partial charge < -0.3 is 79.0 Å². The Kier molecular flexibility index (Phi) is 19.9. The van der Waals surface area contributed by atoms with Crippen molar-refractivity contribution in [2.24, 2.45) is 5.92 Å². The molecule has 0 unspecified atom stereocenters. The van der Waals surface area contributed by atoms with Crippen molar-refractivity contribution in [3.05, 3.63) is 93.6 Å². The summed E-state index contributed by atoms with van der Waals surface area (Å²) in [7, 11) is 2.89. The number of aromatic hydroxyl groups is 2. The molecular formula is C63H76N8O20. The predicted molar refractivity (Wildman–Crippen MR) is 318 cm³/mol. The van der Waals surface area contributed by atoms with E-state index in [1.807, 2.05) is 0 Å². The summed E-state index contributed by atoms with van der Waals surface area (Å²) in [6.45, 7) is 6.94. The molecule has 0 saturated carbocycles. The van der Waals surface area contributed by atoms with E-state index in [0.29, 0.717) is 43.7 Å². The lowest BCUT2D eigenvalue weighted by Crippen LogP contribution is -2.55. The number of carbonyl (C=O) groups excluding carboxylic acids is 9. The molecule has 91 heavy (non-hydrogen) atoms. The standard InChI is InChI=1S/C63H76N8O20/c1-32(2)52(67-43(73)13-8-7-9-20-71-44(74)18-19-45(71)75)58(80)65-33(3)57(79)66-36-16-14-35(15-17-36)30-87-61(81)68-21-23-69(24-22-68)62(82)88-31-42(72)63(83)28-38-48(55(78)49-50(54(38)77)53(76)37-11-10-12-40(84-5)47(37)51(49)64)41(29-63)90-46-27-39-56(34(4)89-46)91-59-60(85-6)86-26-25-70(39)59/h10-12,14-19,32-34,39,41,46,52,56,59-60,64,77-78,83H,7-9,13,20-31H2,1-6H3,(H,65,80)(H,66,79)(H,67,73)/t33-,34-,39-,41-,46-,52-,56+,59+,60-,63-/m0/s1. The number of methoxy groups -OCH3 is 2. The molecule has 3 aromatic carbocycles. The highest BCUT2D eigenvalue weighted by Crippen LogP contribution is 2.53.